The number of hydrogen-bond donors (Lipinski definition) is 1. The van der Waals surface area contributed by atoms with Crippen LogP contribution in [0.2, 0.25) is 0 Å². The molecule has 100 valence electrons. The molecule has 0 radical (unpaired) electrons. The van der Waals surface area contributed by atoms with Gasteiger partial charge in [-0.25, -0.2) is 9.97 Å². The van der Waals surface area contributed by atoms with Crippen LogP contribution < -0.4 is 10.2 Å². The molecule has 1 aliphatic rings. The van der Waals surface area contributed by atoms with Crippen LogP contribution >= 0.6 is 0 Å². The topological polar surface area (TPSA) is 41.1 Å². The van der Waals surface area contributed by atoms with Crippen LogP contribution in [-0.4, -0.2) is 30.1 Å². The van der Waals surface area contributed by atoms with E-state index < -0.39 is 0 Å². The highest BCUT2D eigenvalue weighted by Crippen LogP contribution is 2.34. The lowest BCUT2D eigenvalue weighted by atomic mass is 9.80. The first-order valence-electron chi connectivity index (χ1n) is 6.71. The lowest BCUT2D eigenvalue weighted by molar-refractivity contribution is 0.263. The second kappa shape index (κ2) is 5.22. The Labute approximate surface area is 110 Å². The highest BCUT2D eigenvalue weighted by molar-refractivity contribution is 5.32. The molecule has 0 saturated carbocycles. The molecule has 4 nitrogen and oxygen atoms in total. The van der Waals surface area contributed by atoms with E-state index in [1.54, 1.807) is 0 Å². The molecule has 0 amide bonds. The standard InChI is InChI=1S/C14H24N4/c1-14(2,3)12-5-6-18(10-12)13-16-8-11(7-15-4)9-17-13/h8-9,12,15H,5-7,10H2,1-4H3. The number of hydrogen-bond acceptors (Lipinski definition) is 4. The predicted octanol–water partition coefficient (Wildman–Crippen LogP) is 2.07. The highest BCUT2D eigenvalue weighted by atomic mass is 15.3. The minimum absolute atomic E-state index is 0.376. The quantitative estimate of drug-likeness (QED) is 0.889. The van der Waals surface area contributed by atoms with E-state index >= 15 is 0 Å². The molecule has 0 aliphatic carbocycles. The third-order valence-corrected chi connectivity index (χ3v) is 3.77. The van der Waals surface area contributed by atoms with Crippen LogP contribution in [-0.2, 0) is 6.54 Å². The molecule has 0 spiro atoms. The zero-order chi connectivity index (χ0) is 13.2. The Morgan fingerprint density at radius 1 is 1.33 bits per heavy atom. The van der Waals surface area contributed by atoms with Gasteiger partial charge in [0.1, 0.15) is 0 Å². The Kier molecular flexibility index (Phi) is 3.85. The van der Waals surface area contributed by atoms with E-state index in [2.05, 4.69) is 41.0 Å². The van der Waals surface area contributed by atoms with Crippen molar-refractivity contribution >= 4 is 5.95 Å². The van der Waals surface area contributed by atoms with Crippen LogP contribution in [0.1, 0.15) is 32.8 Å². The smallest absolute Gasteiger partial charge is 0.225 e. The van der Waals surface area contributed by atoms with Gasteiger partial charge in [-0.15, -0.1) is 0 Å². The number of anilines is 1. The molecule has 1 N–H and O–H groups in total. The van der Waals surface area contributed by atoms with Gasteiger partial charge in [0.15, 0.2) is 0 Å². The molecule has 2 rings (SSSR count). The van der Waals surface area contributed by atoms with E-state index in [0.29, 0.717) is 5.41 Å². The maximum absolute atomic E-state index is 4.47. The van der Waals surface area contributed by atoms with Crippen molar-refractivity contribution in [3.05, 3.63) is 18.0 Å². The third kappa shape index (κ3) is 2.99. The fourth-order valence-electron chi connectivity index (χ4n) is 2.46. The molecule has 1 fully saturated rings. The zero-order valence-corrected chi connectivity index (χ0v) is 11.9. The van der Waals surface area contributed by atoms with Crippen molar-refractivity contribution in [2.45, 2.75) is 33.7 Å². The highest BCUT2D eigenvalue weighted by Gasteiger charge is 2.32. The van der Waals surface area contributed by atoms with E-state index in [9.17, 15) is 0 Å². The first kappa shape index (κ1) is 13.3. The summed E-state index contributed by atoms with van der Waals surface area (Å²) in [5.74, 6) is 1.61. The fourth-order valence-corrected chi connectivity index (χ4v) is 2.46. The molecule has 0 bridgehead atoms. The molecule has 2 heterocycles. The summed E-state index contributed by atoms with van der Waals surface area (Å²) < 4.78 is 0. The van der Waals surface area contributed by atoms with Crippen LogP contribution in [0.15, 0.2) is 12.4 Å². The molecule has 1 aromatic rings. The van der Waals surface area contributed by atoms with E-state index in [4.69, 9.17) is 0 Å². The molecule has 1 aromatic heterocycles. The summed E-state index contributed by atoms with van der Waals surface area (Å²) in [6, 6.07) is 0. The first-order chi connectivity index (χ1) is 8.50. The minimum Gasteiger partial charge on any atom is -0.341 e. The SMILES string of the molecule is CNCc1cnc(N2CCC(C(C)(C)C)C2)nc1. The summed E-state index contributed by atoms with van der Waals surface area (Å²) in [4.78, 5) is 11.2. The van der Waals surface area contributed by atoms with Crippen molar-refractivity contribution in [2.75, 3.05) is 25.0 Å². The first-order valence-corrected chi connectivity index (χ1v) is 6.71. The monoisotopic (exact) mass is 248 g/mol. The van der Waals surface area contributed by atoms with Gasteiger partial charge in [-0.05, 0) is 24.8 Å². The maximum atomic E-state index is 4.47. The lowest BCUT2D eigenvalue weighted by Gasteiger charge is -2.26. The van der Waals surface area contributed by atoms with Crippen molar-refractivity contribution in [2.24, 2.45) is 11.3 Å². The molecular formula is C14H24N4. The van der Waals surface area contributed by atoms with Crippen molar-refractivity contribution < 1.29 is 0 Å². The van der Waals surface area contributed by atoms with E-state index in [-0.39, 0.29) is 0 Å². The van der Waals surface area contributed by atoms with Crippen LogP contribution in [0.4, 0.5) is 5.95 Å². The Bertz CT molecular complexity index is 380. The summed E-state index contributed by atoms with van der Waals surface area (Å²) >= 11 is 0. The Morgan fingerprint density at radius 3 is 2.50 bits per heavy atom. The Balaban J connectivity index is 2.01. The zero-order valence-electron chi connectivity index (χ0n) is 11.9. The average Bonchev–Trinajstić information content (AvgIpc) is 2.79. The summed E-state index contributed by atoms with van der Waals surface area (Å²) in [5.41, 5.74) is 1.51. The van der Waals surface area contributed by atoms with Gasteiger partial charge in [0.05, 0.1) is 0 Å². The van der Waals surface area contributed by atoms with E-state index in [1.165, 1.54) is 6.42 Å². The van der Waals surface area contributed by atoms with Gasteiger partial charge in [-0.2, -0.15) is 0 Å². The molecule has 1 atom stereocenters. The maximum Gasteiger partial charge on any atom is 0.225 e. The molecular weight excluding hydrogens is 224 g/mol. The molecule has 1 saturated heterocycles. The van der Waals surface area contributed by atoms with E-state index in [0.717, 1.165) is 37.1 Å². The van der Waals surface area contributed by atoms with Crippen LogP contribution in [0, 0.1) is 11.3 Å². The van der Waals surface area contributed by atoms with Crippen molar-refractivity contribution in [1.29, 1.82) is 0 Å². The van der Waals surface area contributed by atoms with Gasteiger partial charge in [0.2, 0.25) is 5.95 Å². The Hall–Kier alpha value is -1.16. The summed E-state index contributed by atoms with van der Waals surface area (Å²) in [6.07, 6.45) is 5.08. The van der Waals surface area contributed by atoms with E-state index in [1.807, 2.05) is 19.4 Å². The Morgan fingerprint density at radius 2 is 2.00 bits per heavy atom. The van der Waals surface area contributed by atoms with Gasteiger partial charge in [-0.1, -0.05) is 20.8 Å². The molecule has 4 heteroatoms. The van der Waals surface area contributed by atoms with Crippen LogP contribution in [0.5, 0.6) is 0 Å². The van der Waals surface area contributed by atoms with Crippen molar-refractivity contribution in [1.82, 2.24) is 15.3 Å². The molecule has 18 heavy (non-hydrogen) atoms. The largest absolute Gasteiger partial charge is 0.341 e. The predicted molar refractivity (Wildman–Crippen MR) is 74.6 cm³/mol. The molecule has 1 unspecified atom stereocenters. The lowest BCUT2D eigenvalue weighted by Crippen LogP contribution is -2.27. The van der Waals surface area contributed by atoms with Gasteiger partial charge >= 0.3 is 0 Å². The van der Waals surface area contributed by atoms with Gasteiger partial charge in [-0.3, -0.25) is 0 Å². The van der Waals surface area contributed by atoms with Crippen LogP contribution in [0.25, 0.3) is 0 Å². The second-order valence-electron chi connectivity index (χ2n) is 6.22. The summed E-state index contributed by atoms with van der Waals surface area (Å²) in [6.45, 7) is 9.93. The van der Waals surface area contributed by atoms with Crippen LogP contribution in [0.3, 0.4) is 0 Å². The normalized spacial score (nSPS) is 20.4. The number of nitrogens with zero attached hydrogens (tertiary/aromatic N) is 3. The number of aromatic nitrogens is 2. The van der Waals surface area contributed by atoms with Crippen molar-refractivity contribution in [3.63, 3.8) is 0 Å². The minimum atomic E-state index is 0.376. The van der Waals surface area contributed by atoms with Crippen molar-refractivity contribution in [3.8, 4) is 0 Å². The van der Waals surface area contributed by atoms with Gasteiger partial charge in [0, 0.05) is 37.6 Å². The summed E-state index contributed by atoms with van der Waals surface area (Å²) in [7, 11) is 1.93. The fraction of sp³-hybridized carbons (Fsp3) is 0.714. The number of nitrogens with one attached hydrogen (secondary N) is 1. The average molecular weight is 248 g/mol. The van der Waals surface area contributed by atoms with Gasteiger partial charge < -0.3 is 10.2 Å². The second-order valence-corrected chi connectivity index (χ2v) is 6.22. The summed E-state index contributed by atoms with van der Waals surface area (Å²) in [5, 5.41) is 3.11. The molecule has 1 aliphatic heterocycles. The molecule has 0 aromatic carbocycles. The third-order valence-electron chi connectivity index (χ3n) is 3.77. The number of rotatable bonds is 3. The van der Waals surface area contributed by atoms with Gasteiger partial charge in [0.25, 0.3) is 0 Å².